The highest BCUT2D eigenvalue weighted by Crippen LogP contribution is 2.27. The van der Waals surface area contributed by atoms with Crippen LogP contribution in [0, 0.1) is 5.92 Å². The van der Waals surface area contributed by atoms with Gasteiger partial charge in [0.25, 0.3) is 0 Å². The van der Waals surface area contributed by atoms with Gasteiger partial charge in [-0.3, -0.25) is 14.4 Å². The molecule has 0 spiro atoms. The maximum absolute atomic E-state index is 13.0. The molecular weight excluding hydrogens is 382 g/mol. The summed E-state index contributed by atoms with van der Waals surface area (Å²) in [4.78, 5) is 40.1. The molecule has 2 N–H and O–H groups in total. The van der Waals surface area contributed by atoms with Crippen molar-refractivity contribution in [2.24, 2.45) is 5.92 Å². The van der Waals surface area contributed by atoms with Crippen LogP contribution in [0.15, 0.2) is 24.3 Å². The molecule has 3 fully saturated rings. The van der Waals surface area contributed by atoms with Crippen molar-refractivity contribution in [1.29, 1.82) is 0 Å². The van der Waals surface area contributed by atoms with Crippen LogP contribution in [-0.4, -0.2) is 54.4 Å². The summed E-state index contributed by atoms with van der Waals surface area (Å²) in [6.07, 6.45) is 7.01. The van der Waals surface area contributed by atoms with Crippen LogP contribution < -0.4 is 15.4 Å². The zero-order valence-corrected chi connectivity index (χ0v) is 17.6. The van der Waals surface area contributed by atoms with E-state index in [1.165, 1.54) is 6.42 Å². The van der Waals surface area contributed by atoms with E-state index >= 15 is 0 Å². The molecule has 1 saturated carbocycles. The van der Waals surface area contributed by atoms with Gasteiger partial charge in [0.1, 0.15) is 17.8 Å². The number of rotatable bonds is 5. The molecule has 7 nitrogen and oxygen atoms in total. The van der Waals surface area contributed by atoms with E-state index < -0.39 is 12.1 Å². The van der Waals surface area contributed by atoms with Crippen molar-refractivity contribution >= 4 is 17.7 Å². The van der Waals surface area contributed by atoms with E-state index in [0.717, 1.165) is 37.0 Å². The number of carbonyl (C=O) groups is 3. The third-order valence-corrected chi connectivity index (χ3v) is 6.72. The third-order valence-electron chi connectivity index (χ3n) is 6.72. The summed E-state index contributed by atoms with van der Waals surface area (Å²) >= 11 is 0. The number of nitrogens with one attached hydrogen (secondary N) is 2. The summed E-state index contributed by atoms with van der Waals surface area (Å²) in [5.41, 5.74) is 0.975. The van der Waals surface area contributed by atoms with E-state index in [0.29, 0.717) is 25.8 Å². The predicted molar refractivity (Wildman–Crippen MR) is 112 cm³/mol. The van der Waals surface area contributed by atoms with Crippen molar-refractivity contribution in [3.05, 3.63) is 29.8 Å². The number of methoxy groups -OCH3 is 1. The second kappa shape index (κ2) is 9.06. The molecule has 30 heavy (non-hydrogen) atoms. The standard InChI is InChI=1S/C23H31N3O4/c1-30-18-9-7-15(8-10-18)13-19-23(29)26-12-11-17(14-20(26)22(28)25-19)24-21(27)16-5-3-2-4-6-16/h7-10,16-17,19-20H,2-6,11-14H2,1H3,(H,24,27)(H,25,28)/t17-,19-,20-/m0/s1. The zero-order chi connectivity index (χ0) is 21.1. The first kappa shape index (κ1) is 20.7. The van der Waals surface area contributed by atoms with Crippen LogP contribution in [-0.2, 0) is 20.8 Å². The van der Waals surface area contributed by atoms with E-state index in [2.05, 4.69) is 10.6 Å². The topological polar surface area (TPSA) is 87.7 Å². The van der Waals surface area contributed by atoms with Gasteiger partial charge in [0.15, 0.2) is 0 Å². The number of hydrogen-bond acceptors (Lipinski definition) is 4. The minimum Gasteiger partial charge on any atom is -0.497 e. The van der Waals surface area contributed by atoms with Gasteiger partial charge in [-0.25, -0.2) is 0 Å². The van der Waals surface area contributed by atoms with Crippen LogP contribution in [0.1, 0.15) is 50.5 Å². The molecule has 3 amide bonds. The average molecular weight is 414 g/mol. The van der Waals surface area contributed by atoms with E-state index in [9.17, 15) is 14.4 Å². The number of amides is 3. The molecule has 0 bridgehead atoms. The molecule has 7 heteroatoms. The Bertz CT molecular complexity index is 788. The Morgan fingerprint density at radius 3 is 2.57 bits per heavy atom. The number of piperazine rings is 1. The van der Waals surface area contributed by atoms with Gasteiger partial charge in [-0.2, -0.15) is 0 Å². The molecule has 3 atom stereocenters. The van der Waals surface area contributed by atoms with Gasteiger partial charge in [-0.05, 0) is 43.4 Å². The molecule has 4 rings (SSSR count). The molecule has 1 aromatic carbocycles. The number of fused-ring (bicyclic) bond motifs is 1. The first-order valence-corrected chi connectivity index (χ1v) is 11.1. The van der Waals surface area contributed by atoms with Gasteiger partial charge in [-0.15, -0.1) is 0 Å². The Kier molecular flexibility index (Phi) is 6.25. The molecular formula is C23H31N3O4. The van der Waals surface area contributed by atoms with Crippen LogP contribution in [0.4, 0.5) is 0 Å². The number of carbonyl (C=O) groups excluding carboxylic acids is 3. The van der Waals surface area contributed by atoms with Crippen LogP contribution >= 0.6 is 0 Å². The molecule has 3 aliphatic rings. The molecule has 1 aromatic rings. The normalized spacial score (nSPS) is 27.2. The van der Waals surface area contributed by atoms with E-state index in [1.807, 2.05) is 24.3 Å². The van der Waals surface area contributed by atoms with Gasteiger partial charge >= 0.3 is 0 Å². The zero-order valence-electron chi connectivity index (χ0n) is 17.6. The Hall–Kier alpha value is -2.57. The summed E-state index contributed by atoms with van der Waals surface area (Å²) in [5, 5.41) is 6.06. The smallest absolute Gasteiger partial charge is 0.246 e. The molecule has 1 aliphatic carbocycles. The van der Waals surface area contributed by atoms with Crippen LogP contribution in [0.2, 0.25) is 0 Å². The lowest BCUT2D eigenvalue weighted by Crippen LogP contribution is -2.67. The predicted octanol–water partition coefficient (Wildman–Crippen LogP) is 1.79. The van der Waals surface area contributed by atoms with Crippen LogP contribution in [0.5, 0.6) is 5.75 Å². The summed E-state index contributed by atoms with van der Waals surface area (Å²) in [6, 6.07) is 6.46. The Balaban J connectivity index is 1.35. The largest absolute Gasteiger partial charge is 0.497 e. The lowest BCUT2D eigenvalue weighted by atomic mass is 9.87. The quantitative estimate of drug-likeness (QED) is 0.771. The number of ether oxygens (including phenoxy) is 1. The monoisotopic (exact) mass is 413 g/mol. The maximum atomic E-state index is 13.0. The minimum atomic E-state index is -0.546. The number of hydrogen-bond donors (Lipinski definition) is 2. The van der Waals surface area contributed by atoms with E-state index in [4.69, 9.17) is 4.74 Å². The highest BCUT2D eigenvalue weighted by molar-refractivity contribution is 5.97. The van der Waals surface area contributed by atoms with Crippen molar-refractivity contribution in [3.8, 4) is 5.75 Å². The SMILES string of the molecule is COc1ccc(C[C@@H]2NC(=O)[C@@H]3C[C@@H](NC(=O)C4CCCCC4)CCN3C2=O)cc1. The molecule has 2 heterocycles. The Labute approximate surface area is 177 Å². The van der Waals surface area contributed by atoms with Crippen molar-refractivity contribution in [3.63, 3.8) is 0 Å². The molecule has 0 radical (unpaired) electrons. The summed E-state index contributed by atoms with van der Waals surface area (Å²) in [5.74, 6) is 0.827. The van der Waals surface area contributed by atoms with E-state index in [1.54, 1.807) is 12.0 Å². The lowest BCUT2D eigenvalue weighted by Gasteiger charge is -2.44. The van der Waals surface area contributed by atoms with Gasteiger partial charge in [-0.1, -0.05) is 31.4 Å². The van der Waals surface area contributed by atoms with Gasteiger partial charge in [0.05, 0.1) is 7.11 Å². The lowest BCUT2D eigenvalue weighted by molar-refractivity contribution is -0.152. The first-order chi connectivity index (χ1) is 14.5. The summed E-state index contributed by atoms with van der Waals surface area (Å²) in [6.45, 7) is 0.506. The molecule has 162 valence electrons. The van der Waals surface area contributed by atoms with E-state index in [-0.39, 0.29) is 29.7 Å². The number of piperidine rings is 1. The molecule has 2 aliphatic heterocycles. The third kappa shape index (κ3) is 4.45. The van der Waals surface area contributed by atoms with Gasteiger partial charge in [0, 0.05) is 24.9 Å². The molecule has 0 aromatic heterocycles. The molecule has 0 unspecified atom stereocenters. The van der Waals surface area contributed by atoms with Crippen molar-refractivity contribution < 1.29 is 19.1 Å². The van der Waals surface area contributed by atoms with Crippen LogP contribution in [0.3, 0.4) is 0 Å². The fraction of sp³-hybridized carbons (Fsp3) is 0.609. The fourth-order valence-corrected chi connectivity index (χ4v) is 4.96. The number of nitrogens with zero attached hydrogens (tertiary/aromatic N) is 1. The summed E-state index contributed by atoms with van der Waals surface area (Å²) < 4.78 is 5.17. The van der Waals surface area contributed by atoms with Crippen molar-refractivity contribution in [2.75, 3.05) is 13.7 Å². The van der Waals surface area contributed by atoms with Crippen molar-refractivity contribution in [2.45, 2.75) is 69.5 Å². The first-order valence-electron chi connectivity index (χ1n) is 11.1. The minimum absolute atomic E-state index is 0.0347. The Morgan fingerprint density at radius 2 is 1.87 bits per heavy atom. The Morgan fingerprint density at radius 1 is 1.13 bits per heavy atom. The molecule has 2 saturated heterocycles. The fourth-order valence-electron chi connectivity index (χ4n) is 4.96. The highest BCUT2D eigenvalue weighted by atomic mass is 16.5. The van der Waals surface area contributed by atoms with Crippen molar-refractivity contribution in [1.82, 2.24) is 15.5 Å². The second-order valence-corrected chi connectivity index (χ2v) is 8.73. The van der Waals surface area contributed by atoms with Crippen LogP contribution in [0.25, 0.3) is 0 Å². The summed E-state index contributed by atoms with van der Waals surface area (Å²) in [7, 11) is 1.61. The van der Waals surface area contributed by atoms with Gasteiger partial charge in [0.2, 0.25) is 17.7 Å². The average Bonchev–Trinajstić information content (AvgIpc) is 2.78. The highest BCUT2D eigenvalue weighted by Gasteiger charge is 2.44. The maximum Gasteiger partial charge on any atom is 0.246 e. The number of benzene rings is 1. The van der Waals surface area contributed by atoms with Gasteiger partial charge < -0.3 is 20.3 Å². The second-order valence-electron chi connectivity index (χ2n) is 8.73.